The van der Waals surface area contributed by atoms with Crippen LogP contribution in [0.25, 0.3) is 0 Å². The summed E-state index contributed by atoms with van der Waals surface area (Å²) in [4.78, 5) is 15.4. The Labute approximate surface area is 54.3 Å². The molecule has 0 radical (unpaired) electrons. The van der Waals surface area contributed by atoms with Crippen LogP contribution in [0.4, 0.5) is 0 Å². The van der Waals surface area contributed by atoms with Crippen LogP contribution < -0.4 is 5.48 Å². The fourth-order valence-electron chi connectivity index (χ4n) is 0.572. The van der Waals surface area contributed by atoms with Gasteiger partial charge in [-0.1, -0.05) is 0 Å². The van der Waals surface area contributed by atoms with Crippen LogP contribution in [0.15, 0.2) is 0 Å². The maximum atomic E-state index is 10.7. The van der Waals surface area contributed by atoms with E-state index in [-0.39, 0.29) is 11.8 Å². The highest BCUT2D eigenvalue weighted by Crippen LogP contribution is 2.28. The minimum Gasteiger partial charge on any atom is -0.274 e. The molecule has 0 unspecified atom stereocenters. The van der Waals surface area contributed by atoms with Crippen molar-refractivity contribution in [1.29, 1.82) is 0 Å². The topological polar surface area (TPSA) is 38.3 Å². The Morgan fingerprint density at radius 1 is 1.78 bits per heavy atom. The Morgan fingerprint density at radius 2 is 2.44 bits per heavy atom. The highest BCUT2D eigenvalue weighted by atomic mass is 16.6. The Morgan fingerprint density at radius 3 is 2.89 bits per heavy atom. The fraction of sp³-hybridized carbons (Fsp3) is 0.833. The molecule has 0 saturated heterocycles. The standard InChI is InChI=1S/C6H11NO2/c1-2-9-7-6(8)5-3-4-5/h5H,2-4H2,1H3,(H,7,8). The molecule has 0 heterocycles. The van der Waals surface area contributed by atoms with E-state index in [0.29, 0.717) is 6.61 Å². The first-order valence-corrected chi connectivity index (χ1v) is 3.26. The van der Waals surface area contributed by atoms with Gasteiger partial charge in [0.15, 0.2) is 0 Å². The van der Waals surface area contributed by atoms with Gasteiger partial charge in [0.1, 0.15) is 0 Å². The molecule has 3 heteroatoms. The first-order valence-electron chi connectivity index (χ1n) is 3.26. The van der Waals surface area contributed by atoms with Gasteiger partial charge in [-0.3, -0.25) is 9.63 Å². The molecular weight excluding hydrogens is 118 g/mol. The average molecular weight is 129 g/mol. The Kier molecular flexibility index (Phi) is 2.05. The molecular formula is C6H11NO2. The van der Waals surface area contributed by atoms with E-state index in [4.69, 9.17) is 4.84 Å². The van der Waals surface area contributed by atoms with Crippen molar-refractivity contribution in [2.45, 2.75) is 19.8 Å². The lowest BCUT2D eigenvalue weighted by Gasteiger charge is -1.99. The third kappa shape index (κ3) is 2.01. The predicted molar refractivity (Wildman–Crippen MR) is 32.5 cm³/mol. The van der Waals surface area contributed by atoms with Gasteiger partial charge in [-0.2, -0.15) is 0 Å². The summed E-state index contributed by atoms with van der Waals surface area (Å²) in [7, 11) is 0. The highest BCUT2D eigenvalue weighted by molar-refractivity contribution is 5.79. The number of amides is 1. The van der Waals surface area contributed by atoms with Crippen molar-refractivity contribution in [3.63, 3.8) is 0 Å². The maximum Gasteiger partial charge on any atom is 0.246 e. The molecule has 0 aliphatic heterocycles. The summed E-state index contributed by atoms with van der Waals surface area (Å²) >= 11 is 0. The van der Waals surface area contributed by atoms with Crippen LogP contribution in [0.1, 0.15) is 19.8 Å². The highest BCUT2D eigenvalue weighted by Gasteiger charge is 2.29. The van der Waals surface area contributed by atoms with Crippen molar-refractivity contribution in [2.75, 3.05) is 6.61 Å². The molecule has 1 aliphatic carbocycles. The van der Waals surface area contributed by atoms with Crippen LogP contribution >= 0.6 is 0 Å². The molecule has 3 nitrogen and oxygen atoms in total. The predicted octanol–water partition coefficient (Wildman–Crippen LogP) is 0.464. The van der Waals surface area contributed by atoms with Crippen molar-refractivity contribution < 1.29 is 9.63 Å². The zero-order valence-electron chi connectivity index (χ0n) is 5.52. The summed E-state index contributed by atoms with van der Waals surface area (Å²) in [5.41, 5.74) is 2.36. The minimum atomic E-state index is 0.0388. The van der Waals surface area contributed by atoms with Crippen LogP contribution in [-0.2, 0) is 9.63 Å². The molecule has 0 spiro atoms. The SMILES string of the molecule is CCONC(=O)C1CC1. The van der Waals surface area contributed by atoms with E-state index in [1.54, 1.807) is 0 Å². The van der Waals surface area contributed by atoms with Crippen molar-refractivity contribution in [2.24, 2.45) is 5.92 Å². The molecule has 0 aromatic heterocycles. The quantitative estimate of drug-likeness (QED) is 0.562. The van der Waals surface area contributed by atoms with Crippen molar-refractivity contribution in [3.05, 3.63) is 0 Å². The van der Waals surface area contributed by atoms with Gasteiger partial charge in [0.2, 0.25) is 5.91 Å². The van der Waals surface area contributed by atoms with Crippen LogP contribution in [-0.4, -0.2) is 12.5 Å². The van der Waals surface area contributed by atoms with Crippen LogP contribution in [0.5, 0.6) is 0 Å². The number of nitrogens with one attached hydrogen (secondary N) is 1. The van der Waals surface area contributed by atoms with Gasteiger partial charge in [0, 0.05) is 5.92 Å². The lowest BCUT2D eigenvalue weighted by molar-refractivity contribution is -0.134. The number of carbonyl (C=O) groups excluding carboxylic acids is 1. The number of carbonyl (C=O) groups is 1. The van der Waals surface area contributed by atoms with Crippen molar-refractivity contribution in [3.8, 4) is 0 Å². The number of hydrogen-bond acceptors (Lipinski definition) is 2. The maximum absolute atomic E-state index is 10.7. The molecule has 1 rings (SSSR count). The van der Waals surface area contributed by atoms with Gasteiger partial charge in [0.25, 0.3) is 0 Å². The van der Waals surface area contributed by atoms with Gasteiger partial charge in [-0.25, -0.2) is 5.48 Å². The van der Waals surface area contributed by atoms with Gasteiger partial charge in [-0.05, 0) is 19.8 Å². The van der Waals surface area contributed by atoms with E-state index in [1.807, 2.05) is 6.92 Å². The summed E-state index contributed by atoms with van der Waals surface area (Å²) in [6, 6.07) is 0. The van der Waals surface area contributed by atoms with E-state index in [0.717, 1.165) is 12.8 Å². The lowest BCUT2D eigenvalue weighted by Crippen LogP contribution is -2.24. The van der Waals surface area contributed by atoms with Crippen molar-refractivity contribution >= 4 is 5.91 Å². The molecule has 0 bridgehead atoms. The van der Waals surface area contributed by atoms with Crippen LogP contribution in [0, 0.1) is 5.92 Å². The molecule has 9 heavy (non-hydrogen) atoms. The molecule has 1 N–H and O–H groups in total. The summed E-state index contributed by atoms with van der Waals surface area (Å²) in [6.45, 7) is 2.38. The molecule has 0 aromatic rings. The Hall–Kier alpha value is -0.570. The monoisotopic (exact) mass is 129 g/mol. The van der Waals surface area contributed by atoms with E-state index in [2.05, 4.69) is 5.48 Å². The van der Waals surface area contributed by atoms with Crippen LogP contribution in [0.2, 0.25) is 0 Å². The number of hydroxylamine groups is 1. The summed E-state index contributed by atoms with van der Waals surface area (Å²) in [5.74, 6) is 0.286. The van der Waals surface area contributed by atoms with E-state index < -0.39 is 0 Å². The second-order valence-corrected chi connectivity index (χ2v) is 2.17. The molecule has 1 amide bonds. The second kappa shape index (κ2) is 2.82. The first kappa shape index (κ1) is 6.55. The average Bonchev–Trinajstić information content (AvgIpc) is 2.63. The molecule has 1 aliphatic rings. The van der Waals surface area contributed by atoms with E-state index >= 15 is 0 Å². The van der Waals surface area contributed by atoms with Gasteiger partial charge >= 0.3 is 0 Å². The molecule has 0 aromatic carbocycles. The molecule has 1 saturated carbocycles. The Balaban J connectivity index is 2.03. The third-order valence-corrected chi connectivity index (χ3v) is 1.27. The van der Waals surface area contributed by atoms with Gasteiger partial charge in [0.05, 0.1) is 6.61 Å². The van der Waals surface area contributed by atoms with Crippen LogP contribution in [0.3, 0.4) is 0 Å². The molecule has 52 valence electrons. The zero-order chi connectivity index (χ0) is 6.69. The molecule has 0 atom stereocenters. The summed E-state index contributed by atoms with van der Waals surface area (Å²) in [6.07, 6.45) is 2.05. The molecule has 1 fully saturated rings. The van der Waals surface area contributed by atoms with E-state index in [9.17, 15) is 4.79 Å². The first-order chi connectivity index (χ1) is 4.34. The number of hydrogen-bond donors (Lipinski definition) is 1. The van der Waals surface area contributed by atoms with Crippen molar-refractivity contribution in [1.82, 2.24) is 5.48 Å². The minimum absolute atomic E-state index is 0.0388. The summed E-state index contributed by atoms with van der Waals surface area (Å²) in [5, 5.41) is 0. The number of rotatable bonds is 3. The van der Waals surface area contributed by atoms with Gasteiger partial charge in [-0.15, -0.1) is 0 Å². The normalized spacial score (nSPS) is 17.4. The van der Waals surface area contributed by atoms with Gasteiger partial charge < -0.3 is 0 Å². The lowest BCUT2D eigenvalue weighted by atomic mass is 10.4. The largest absolute Gasteiger partial charge is 0.274 e. The van der Waals surface area contributed by atoms with E-state index in [1.165, 1.54) is 0 Å². The fourth-order valence-corrected chi connectivity index (χ4v) is 0.572. The third-order valence-electron chi connectivity index (χ3n) is 1.27. The second-order valence-electron chi connectivity index (χ2n) is 2.17. The summed E-state index contributed by atoms with van der Waals surface area (Å²) < 4.78 is 0. The zero-order valence-corrected chi connectivity index (χ0v) is 5.52. The smallest absolute Gasteiger partial charge is 0.246 e. The Bertz CT molecular complexity index is 110.